The van der Waals surface area contributed by atoms with E-state index >= 15 is 0 Å². The lowest BCUT2D eigenvalue weighted by atomic mass is 9.72. The summed E-state index contributed by atoms with van der Waals surface area (Å²) in [6.07, 6.45) is -11.4. The number of rotatable bonds is 8. The number of carboxylic acids is 4. The van der Waals surface area contributed by atoms with Crippen molar-refractivity contribution < 1.29 is 65.9 Å². The molecule has 0 radical (unpaired) electrons. The average molecular weight is 649 g/mol. The van der Waals surface area contributed by atoms with Crippen LogP contribution in [0.15, 0.2) is 97.1 Å². The first-order chi connectivity index (χ1) is 21.4. The van der Waals surface area contributed by atoms with Crippen LogP contribution in [0.3, 0.4) is 0 Å². The maximum Gasteiger partial charge on any atom is 0.411 e. The minimum Gasteiger partial charge on any atom is -0.478 e. The quantitative estimate of drug-likeness (QED) is 0.147. The van der Waals surface area contributed by atoms with Gasteiger partial charge in [-0.25, -0.2) is 19.2 Å². The van der Waals surface area contributed by atoms with Crippen LogP contribution in [0.5, 0.6) is 0 Å². The number of aromatic carboxylic acids is 4. The second kappa shape index (κ2) is 13.5. The Morgan fingerprint density at radius 1 is 0.457 bits per heavy atom. The summed E-state index contributed by atoms with van der Waals surface area (Å²) in [5, 5.41) is 35.7. The molecule has 0 spiro atoms. The maximum atomic E-state index is 13.9. The van der Waals surface area contributed by atoms with Crippen LogP contribution in [-0.4, -0.2) is 56.7 Å². The van der Waals surface area contributed by atoms with Gasteiger partial charge in [-0.2, -0.15) is 26.3 Å². The van der Waals surface area contributed by atoms with Crippen LogP contribution < -0.4 is 0 Å². The van der Waals surface area contributed by atoms with Gasteiger partial charge in [0.25, 0.3) is 0 Å². The molecule has 0 heterocycles. The van der Waals surface area contributed by atoms with Crippen LogP contribution in [0.2, 0.25) is 0 Å². The van der Waals surface area contributed by atoms with Gasteiger partial charge in [0, 0.05) is 0 Å². The van der Waals surface area contributed by atoms with Crippen LogP contribution in [0, 0.1) is 0 Å². The van der Waals surface area contributed by atoms with Gasteiger partial charge in [-0.05, 0) is 77.2 Å². The van der Waals surface area contributed by atoms with Crippen molar-refractivity contribution in [1.29, 1.82) is 0 Å². The van der Waals surface area contributed by atoms with E-state index in [0.29, 0.717) is 18.6 Å². The minimum atomic E-state index is -5.94. The van der Waals surface area contributed by atoms with Crippen molar-refractivity contribution in [2.45, 2.75) is 24.2 Å². The van der Waals surface area contributed by atoms with Crippen LogP contribution in [0.4, 0.5) is 26.3 Å². The SMILES string of the molecule is O=C(O)c1cccc(C(c2cccc(C(=O)O)c2)(C(F)(F)F)C(F)(F)F)c1.O=C(O)c1cccc(Cc2cccc(C(=O)O)c2)c1. The van der Waals surface area contributed by atoms with Gasteiger partial charge in [-0.1, -0.05) is 48.5 Å². The minimum absolute atomic E-state index is 0.229. The van der Waals surface area contributed by atoms with E-state index in [9.17, 15) is 45.5 Å². The summed E-state index contributed by atoms with van der Waals surface area (Å²) in [5.41, 5.74) is -6.81. The average Bonchev–Trinajstić information content (AvgIpc) is 2.97. The van der Waals surface area contributed by atoms with Crippen molar-refractivity contribution in [1.82, 2.24) is 0 Å². The maximum absolute atomic E-state index is 13.9. The standard InChI is InChI=1S/C17H10F6O4.C15H12O4/c18-16(19,20)15(17(21,22)23,11-5-1-3-9(7-11)13(24)25)12-6-2-4-10(8-12)14(26)27;16-14(17)12-5-1-3-10(8-12)7-11-4-2-6-13(9-11)15(18)19/h1-8H,(H,24,25)(H,26,27);1-6,8-9H,7H2,(H,16,17)(H,18,19). The molecule has 0 amide bonds. The number of hydrogen-bond acceptors (Lipinski definition) is 4. The summed E-state index contributed by atoms with van der Waals surface area (Å²) in [4.78, 5) is 43.8. The summed E-state index contributed by atoms with van der Waals surface area (Å²) in [7, 11) is 0. The summed E-state index contributed by atoms with van der Waals surface area (Å²) >= 11 is 0. The highest BCUT2D eigenvalue weighted by Crippen LogP contribution is 2.56. The second-order valence-electron chi connectivity index (χ2n) is 9.71. The van der Waals surface area contributed by atoms with Crippen molar-refractivity contribution in [3.05, 3.63) is 142 Å². The molecule has 8 nitrogen and oxygen atoms in total. The number of benzene rings is 4. The molecule has 0 aliphatic carbocycles. The molecule has 0 fully saturated rings. The smallest absolute Gasteiger partial charge is 0.411 e. The highest BCUT2D eigenvalue weighted by molar-refractivity contribution is 5.89. The zero-order valence-electron chi connectivity index (χ0n) is 23.1. The number of alkyl halides is 6. The Morgan fingerprint density at radius 2 is 0.739 bits per heavy atom. The normalized spacial score (nSPS) is 11.6. The lowest BCUT2D eigenvalue weighted by Crippen LogP contribution is -2.54. The zero-order chi connectivity index (χ0) is 34.4. The molecule has 0 aliphatic rings. The fourth-order valence-corrected chi connectivity index (χ4v) is 4.62. The van der Waals surface area contributed by atoms with E-state index in [2.05, 4.69) is 0 Å². The van der Waals surface area contributed by atoms with Crippen molar-refractivity contribution in [2.24, 2.45) is 0 Å². The molecule has 0 aliphatic heterocycles. The third-order valence-corrected chi connectivity index (χ3v) is 6.69. The van der Waals surface area contributed by atoms with Gasteiger partial charge in [0.1, 0.15) is 0 Å². The molecule has 0 saturated carbocycles. The van der Waals surface area contributed by atoms with Crippen molar-refractivity contribution >= 4 is 23.9 Å². The summed E-state index contributed by atoms with van der Waals surface area (Å²) in [6, 6.07) is 18.0. The number of hydrogen-bond donors (Lipinski definition) is 4. The molecule has 240 valence electrons. The van der Waals surface area contributed by atoms with Gasteiger partial charge < -0.3 is 20.4 Å². The Balaban J connectivity index is 0.000000266. The predicted molar refractivity (Wildman–Crippen MR) is 149 cm³/mol. The monoisotopic (exact) mass is 648 g/mol. The van der Waals surface area contributed by atoms with Crippen LogP contribution in [-0.2, 0) is 11.8 Å². The predicted octanol–water partition coefficient (Wildman–Crippen LogP) is 7.17. The molecule has 46 heavy (non-hydrogen) atoms. The molecular weight excluding hydrogens is 626 g/mol. The van der Waals surface area contributed by atoms with Gasteiger partial charge in [0.05, 0.1) is 22.3 Å². The van der Waals surface area contributed by atoms with Gasteiger partial charge in [0.15, 0.2) is 0 Å². The highest BCUT2D eigenvalue weighted by Gasteiger charge is 2.72. The third kappa shape index (κ3) is 7.52. The largest absolute Gasteiger partial charge is 0.478 e. The molecule has 4 aromatic carbocycles. The van der Waals surface area contributed by atoms with E-state index in [4.69, 9.17) is 20.4 Å². The summed E-state index contributed by atoms with van der Waals surface area (Å²) in [5.74, 6) is -5.37. The van der Waals surface area contributed by atoms with E-state index in [1.807, 2.05) is 12.1 Å². The number of halogens is 6. The van der Waals surface area contributed by atoms with Gasteiger partial charge in [0.2, 0.25) is 5.41 Å². The molecule has 0 atom stereocenters. The highest BCUT2D eigenvalue weighted by atomic mass is 19.4. The fraction of sp³-hybridized carbons (Fsp3) is 0.125. The molecule has 0 saturated heterocycles. The molecule has 0 aromatic heterocycles. The molecule has 0 bridgehead atoms. The first-order valence-corrected chi connectivity index (χ1v) is 12.8. The van der Waals surface area contributed by atoms with E-state index in [1.54, 1.807) is 24.3 Å². The molecular formula is C32H22F6O8. The first kappa shape index (κ1) is 34.8. The van der Waals surface area contributed by atoms with Gasteiger partial charge in [-0.15, -0.1) is 0 Å². The first-order valence-electron chi connectivity index (χ1n) is 12.8. The molecule has 14 heteroatoms. The summed E-state index contributed by atoms with van der Waals surface area (Å²) < 4.78 is 83.4. The van der Waals surface area contributed by atoms with Crippen molar-refractivity contribution in [3.8, 4) is 0 Å². The zero-order valence-corrected chi connectivity index (χ0v) is 23.1. The van der Waals surface area contributed by atoms with E-state index in [1.165, 1.54) is 12.1 Å². The van der Waals surface area contributed by atoms with Gasteiger partial charge >= 0.3 is 36.2 Å². The lowest BCUT2D eigenvalue weighted by Gasteiger charge is -2.38. The van der Waals surface area contributed by atoms with Crippen LogP contribution in [0.1, 0.15) is 63.7 Å². The number of carbonyl (C=O) groups is 4. The van der Waals surface area contributed by atoms with E-state index in [0.717, 1.165) is 35.4 Å². The Morgan fingerprint density at radius 3 is 1.02 bits per heavy atom. The lowest BCUT2D eigenvalue weighted by molar-refractivity contribution is -0.288. The Labute approximate surface area is 255 Å². The third-order valence-electron chi connectivity index (χ3n) is 6.69. The Bertz CT molecular complexity index is 1650. The van der Waals surface area contributed by atoms with Crippen molar-refractivity contribution in [2.75, 3.05) is 0 Å². The van der Waals surface area contributed by atoms with E-state index in [-0.39, 0.29) is 23.3 Å². The van der Waals surface area contributed by atoms with Gasteiger partial charge in [-0.3, -0.25) is 0 Å². The fourth-order valence-electron chi connectivity index (χ4n) is 4.62. The topological polar surface area (TPSA) is 149 Å². The second-order valence-corrected chi connectivity index (χ2v) is 9.71. The molecule has 4 rings (SSSR count). The van der Waals surface area contributed by atoms with Crippen LogP contribution >= 0.6 is 0 Å². The summed E-state index contributed by atoms with van der Waals surface area (Å²) in [6.45, 7) is 0. The Kier molecular flexibility index (Phi) is 10.3. The number of carboxylic acid groups (broad SMARTS) is 4. The van der Waals surface area contributed by atoms with Crippen molar-refractivity contribution in [3.63, 3.8) is 0 Å². The van der Waals surface area contributed by atoms with E-state index < -0.39 is 63.9 Å². The molecule has 4 N–H and O–H groups in total. The molecule has 0 unspecified atom stereocenters. The molecule has 4 aromatic rings. The van der Waals surface area contributed by atoms with Crippen LogP contribution in [0.25, 0.3) is 0 Å². The Hall–Kier alpha value is -5.66.